The third-order valence-electron chi connectivity index (χ3n) is 2.36. The number of nitrogens with two attached hydrogens (primary N) is 1. The third-order valence-corrected chi connectivity index (χ3v) is 2.36. The van der Waals surface area contributed by atoms with Gasteiger partial charge in [0.05, 0.1) is 6.61 Å². The lowest BCUT2D eigenvalue weighted by molar-refractivity contribution is 0.290. The number of halogens is 2. The molecule has 2 aromatic rings. The molecule has 0 aromatic carbocycles. The standard InChI is InChI=1S/C12H12F2N4O/c13-9-7-10(14)12(17-11(9)18-15)19-6-4-8-3-1-2-5-16-8/h1-3,5,7H,4,6,15H2,(H,17,18). The number of nitrogen functional groups attached to an aromatic ring is 1. The zero-order valence-electron chi connectivity index (χ0n) is 9.94. The number of anilines is 1. The molecule has 0 radical (unpaired) electrons. The van der Waals surface area contributed by atoms with Crippen molar-refractivity contribution in [3.8, 4) is 5.88 Å². The van der Waals surface area contributed by atoms with Gasteiger partial charge in [0, 0.05) is 24.4 Å². The predicted octanol–water partition coefficient (Wildman–Crippen LogP) is 1.66. The van der Waals surface area contributed by atoms with Gasteiger partial charge < -0.3 is 10.2 Å². The Morgan fingerprint density at radius 1 is 1.26 bits per heavy atom. The molecule has 2 heterocycles. The van der Waals surface area contributed by atoms with Gasteiger partial charge in [-0.1, -0.05) is 6.07 Å². The second kappa shape index (κ2) is 6.05. The summed E-state index contributed by atoms with van der Waals surface area (Å²) in [4.78, 5) is 7.69. The quantitative estimate of drug-likeness (QED) is 0.636. The average molecular weight is 266 g/mol. The number of rotatable bonds is 5. The first-order valence-corrected chi connectivity index (χ1v) is 5.56. The third kappa shape index (κ3) is 3.35. The van der Waals surface area contributed by atoms with Crippen molar-refractivity contribution >= 4 is 5.82 Å². The Morgan fingerprint density at radius 2 is 2.11 bits per heavy atom. The monoisotopic (exact) mass is 266 g/mol. The highest BCUT2D eigenvalue weighted by atomic mass is 19.1. The number of ether oxygens (including phenoxy) is 1. The van der Waals surface area contributed by atoms with Gasteiger partial charge in [-0.05, 0) is 12.1 Å². The second-order valence-electron chi connectivity index (χ2n) is 3.67. The number of hydrogen-bond acceptors (Lipinski definition) is 5. The minimum atomic E-state index is -0.878. The molecule has 0 amide bonds. The molecule has 100 valence electrons. The number of aromatic nitrogens is 2. The Hall–Kier alpha value is -2.28. The van der Waals surface area contributed by atoms with Gasteiger partial charge in [0.15, 0.2) is 17.5 Å². The van der Waals surface area contributed by atoms with E-state index < -0.39 is 11.6 Å². The lowest BCUT2D eigenvalue weighted by Gasteiger charge is -2.08. The van der Waals surface area contributed by atoms with Crippen LogP contribution in [0.1, 0.15) is 5.69 Å². The minimum Gasteiger partial charge on any atom is -0.475 e. The van der Waals surface area contributed by atoms with Crippen molar-refractivity contribution in [3.05, 3.63) is 47.8 Å². The molecule has 0 aliphatic rings. The molecule has 0 aliphatic carbocycles. The van der Waals surface area contributed by atoms with E-state index in [1.165, 1.54) is 0 Å². The Kier molecular flexibility index (Phi) is 4.19. The summed E-state index contributed by atoms with van der Waals surface area (Å²) in [6.07, 6.45) is 2.15. The predicted molar refractivity (Wildman–Crippen MR) is 65.4 cm³/mol. The molecule has 0 saturated carbocycles. The normalized spacial score (nSPS) is 10.3. The highest BCUT2D eigenvalue weighted by Gasteiger charge is 2.12. The van der Waals surface area contributed by atoms with E-state index in [0.29, 0.717) is 12.5 Å². The zero-order valence-corrected chi connectivity index (χ0v) is 9.94. The molecule has 2 aromatic heterocycles. The summed E-state index contributed by atoms with van der Waals surface area (Å²) in [6.45, 7) is 0.177. The Bertz CT molecular complexity index is 551. The van der Waals surface area contributed by atoms with E-state index in [9.17, 15) is 8.78 Å². The lowest BCUT2D eigenvalue weighted by atomic mass is 10.3. The molecule has 0 spiro atoms. The van der Waals surface area contributed by atoms with Crippen LogP contribution in [0, 0.1) is 11.6 Å². The van der Waals surface area contributed by atoms with E-state index in [1.807, 2.05) is 17.6 Å². The van der Waals surface area contributed by atoms with Crippen molar-refractivity contribution in [2.24, 2.45) is 5.84 Å². The largest absolute Gasteiger partial charge is 0.475 e. The number of hydrazine groups is 1. The molecule has 0 aliphatic heterocycles. The number of nitrogens with one attached hydrogen (secondary N) is 1. The SMILES string of the molecule is NNc1nc(OCCc2ccccn2)c(F)cc1F. The van der Waals surface area contributed by atoms with Gasteiger partial charge in [-0.2, -0.15) is 4.98 Å². The van der Waals surface area contributed by atoms with E-state index in [2.05, 4.69) is 9.97 Å². The van der Waals surface area contributed by atoms with Crippen molar-refractivity contribution in [1.29, 1.82) is 0 Å². The first kappa shape index (κ1) is 13.2. The lowest BCUT2D eigenvalue weighted by Crippen LogP contribution is -2.13. The molecule has 0 saturated heterocycles. The van der Waals surface area contributed by atoms with Crippen LogP contribution in [0.2, 0.25) is 0 Å². The van der Waals surface area contributed by atoms with Crippen LogP contribution in [0.4, 0.5) is 14.6 Å². The van der Waals surface area contributed by atoms with Crippen LogP contribution in [0.5, 0.6) is 5.88 Å². The van der Waals surface area contributed by atoms with Crippen molar-refractivity contribution in [1.82, 2.24) is 9.97 Å². The maximum absolute atomic E-state index is 13.4. The summed E-state index contributed by atoms with van der Waals surface area (Å²) in [5.74, 6) is 2.72. The van der Waals surface area contributed by atoms with Crippen LogP contribution in [-0.2, 0) is 6.42 Å². The van der Waals surface area contributed by atoms with Gasteiger partial charge >= 0.3 is 0 Å². The topological polar surface area (TPSA) is 73.1 Å². The average Bonchev–Trinajstić information content (AvgIpc) is 2.42. The maximum atomic E-state index is 13.4. The molecular formula is C12H12F2N4O. The Balaban J connectivity index is 2.00. The summed E-state index contributed by atoms with van der Waals surface area (Å²) in [5, 5.41) is 0. The van der Waals surface area contributed by atoms with Gasteiger partial charge in [-0.15, -0.1) is 0 Å². The fraction of sp³-hybridized carbons (Fsp3) is 0.167. The van der Waals surface area contributed by atoms with Gasteiger partial charge in [-0.25, -0.2) is 14.6 Å². The van der Waals surface area contributed by atoms with Crippen molar-refractivity contribution in [3.63, 3.8) is 0 Å². The van der Waals surface area contributed by atoms with E-state index in [4.69, 9.17) is 10.6 Å². The van der Waals surface area contributed by atoms with Gasteiger partial charge in [0.1, 0.15) is 0 Å². The zero-order chi connectivity index (χ0) is 13.7. The fourth-order valence-electron chi connectivity index (χ4n) is 1.45. The molecule has 19 heavy (non-hydrogen) atoms. The van der Waals surface area contributed by atoms with Gasteiger partial charge in [0.2, 0.25) is 0 Å². The van der Waals surface area contributed by atoms with Crippen molar-refractivity contribution in [2.75, 3.05) is 12.0 Å². The maximum Gasteiger partial charge on any atom is 0.252 e. The molecule has 5 nitrogen and oxygen atoms in total. The van der Waals surface area contributed by atoms with E-state index in [-0.39, 0.29) is 18.3 Å². The van der Waals surface area contributed by atoms with E-state index in [0.717, 1.165) is 5.69 Å². The molecule has 0 fully saturated rings. The first-order chi connectivity index (χ1) is 9.20. The van der Waals surface area contributed by atoms with Crippen LogP contribution in [0.3, 0.4) is 0 Å². The second-order valence-corrected chi connectivity index (χ2v) is 3.67. The molecule has 0 unspecified atom stereocenters. The highest BCUT2D eigenvalue weighted by molar-refractivity contribution is 5.38. The summed E-state index contributed by atoms with van der Waals surface area (Å²) in [7, 11) is 0. The molecule has 0 atom stereocenters. The number of nitrogens with zero attached hydrogens (tertiary/aromatic N) is 2. The molecule has 2 rings (SSSR count). The van der Waals surface area contributed by atoms with Gasteiger partial charge in [-0.3, -0.25) is 4.98 Å². The van der Waals surface area contributed by atoms with Crippen LogP contribution in [0.15, 0.2) is 30.5 Å². The van der Waals surface area contributed by atoms with Crippen molar-refractivity contribution < 1.29 is 13.5 Å². The Morgan fingerprint density at radius 3 is 2.79 bits per heavy atom. The molecule has 3 N–H and O–H groups in total. The summed E-state index contributed by atoms with van der Waals surface area (Å²) in [5.41, 5.74) is 2.83. The number of pyridine rings is 2. The fourth-order valence-corrected chi connectivity index (χ4v) is 1.45. The van der Waals surface area contributed by atoms with Crippen LogP contribution in [0.25, 0.3) is 0 Å². The summed E-state index contributed by atoms with van der Waals surface area (Å²) in [6, 6.07) is 6.13. The van der Waals surface area contributed by atoms with Crippen LogP contribution in [-0.4, -0.2) is 16.6 Å². The van der Waals surface area contributed by atoms with E-state index in [1.54, 1.807) is 12.3 Å². The summed E-state index contributed by atoms with van der Waals surface area (Å²) >= 11 is 0. The van der Waals surface area contributed by atoms with Crippen molar-refractivity contribution in [2.45, 2.75) is 6.42 Å². The summed E-state index contributed by atoms with van der Waals surface area (Å²) < 4.78 is 31.6. The van der Waals surface area contributed by atoms with Gasteiger partial charge in [0.25, 0.3) is 5.88 Å². The Labute approximate surface area is 108 Å². The molecule has 0 bridgehead atoms. The molecular weight excluding hydrogens is 254 g/mol. The number of hydrogen-bond donors (Lipinski definition) is 2. The minimum absolute atomic E-state index is 0.177. The van der Waals surface area contributed by atoms with Crippen LogP contribution >= 0.6 is 0 Å². The highest BCUT2D eigenvalue weighted by Crippen LogP contribution is 2.20. The first-order valence-electron chi connectivity index (χ1n) is 5.56. The smallest absolute Gasteiger partial charge is 0.252 e. The van der Waals surface area contributed by atoms with E-state index >= 15 is 0 Å². The van der Waals surface area contributed by atoms with Crippen LogP contribution < -0.4 is 16.0 Å². The molecule has 7 heteroatoms.